The van der Waals surface area contributed by atoms with Gasteiger partial charge in [0.2, 0.25) is 0 Å². The number of pyridine rings is 2. The predicted octanol–water partition coefficient (Wildman–Crippen LogP) is 6.73. The molecule has 0 aliphatic carbocycles. The molecule has 0 saturated heterocycles. The molecule has 0 atom stereocenters. The first-order valence-corrected chi connectivity index (χ1v) is 10.7. The van der Waals surface area contributed by atoms with Gasteiger partial charge < -0.3 is 9.47 Å². The van der Waals surface area contributed by atoms with E-state index in [0.29, 0.717) is 0 Å². The van der Waals surface area contributed by atoms with Gasteiger partial charge in [0.1, 0.15) is 11.5 Å². The normalized spacial score (nSPS) is 10.8. The highest BCUT2D eigenvalue weighted by Gasteiger charge is 2.25. The van der Waals surface area contributed by atoms with Gasteiger partial charge in [-0.2, -0.15) is 0 Å². The minimum atomic E-state index is 0.840. The number of hydrogen-bond donors (Lipinski definition) is 0. The minimum absolute atomic E-state index is 0.840. The van der Waals surface area contributed by atoms with Crippen molar-refractivity contribution in [3.8, 4) is 44.9 Å². The van der Waals surface area contributed by atoms with Gasteiger partial charge in [-0.25, -0.2) is 0 Å². The van der Waals surface area contributed by atoms with Crippen LogP contribution in [0.25, 0.3) is 33.4 Å². The number of rotatable bonds is 5. The minimum Gasteiger partial charge on any atom is -0.495 e. The van der Waals surface area contributed by atoms with Crippen molar-refractivity contribution in [1.82, 2.24) is 9.97 Å². The van der Waals surface area contributed by atoms with Crippen LogP contribution < -0.4 is 9.47 Å². The molecular formula is C28H28N2O2. The summed E-state index contributed by atoms with van der Waals surface area (Å²) < 4.78 is 12.2. The van der Waals surface area contributed by atoms with Crippen molar-refractivity contribution in [3.63, 3.8) is 0 Å². The summed E-state index contributed by atoms with van der Waals surface area (Å²) in [6, 6.07) is 12.4. The van der Waals surface area contributed by atoms with Crippen LogP contribution in [-0.4, -0.2) is 24.2 Å². The summed E-state index contributed by atoms with van der Waals surface area (Å²) in [5, 5.41) is 0. The number of aryl methyl sites for hydroxylation is 2. The molecule has 0 amide bonds. The van der Waals surface area contributed by atoms with E-state index in [9.17, 15) is 0 Å². The molecule has 4 heteroatoms. The van der Waals surface area contributed by atoms with Crippen LogP contribution in [0.5, 0.6) is 11.5 Å². The molecule has 4 rings (SSSR count). The van der Waals surface area contributed by atoms with Gasteiger partial charge in [0.05, 0.1) is 14.2 Å². The molecule has 0 N–H and O–H groups in total. The molecule has 4 nitrogen and oxygen atoms in total. The Balaban J connectivity index is 2.13. The summed E-state index contributed by atoms with van der Waals surface area (Å²) in [6.07, 6.45) is 7.24. The highest BCUT2D eigenvalue weighted by molar-refractivity contribution is 5.93. The molecule has 2 aromatic heterocycles. The van der Waals surface area contributed by atoms with Crippen molar-refractivity contribution in [2.45, 2.75) is 27.7 Å². The summed E-state index contributed by atoms with van der Waals surface area (Å²) >= 11 is 0. The Labute approximate surface area is 189 Å². The molecule has 0 fully saturated rings. The molecule has 162 valence electrons. The van der Waals surface area contributed by atoms with E-state index in [1.54, 1.807) is 14.2 Å². The molecule has 2 aromatic carbocycles. The summed E-state index contributed by atoms with van der Waals surface area (Å²) in [7, 11) is 3.47. The van der Waals surface area contributed by atoms with E-state index in [1.807, 2.05) is 49.1 Å². The van der Waals surface area contributed by atoms with Gasteiger partial charge >= 0.3 is 0 Å². The highest BCUT2D eigenvalue weighted by atomic mass is 16.5. The second kappa shape index (κ2) is 8.83. The fourth-order valence-electron chi connectivity index (χ4n) is 4.30. The molecule has 2 heterocycles. The van der Waals surface area contributed by atoms with Crippen molar-refractivity contribution in [2.24, 2.45) is 0 Å². The van der Waals surface area contributed by atoms with E-state index in [-0.39, 0.29) is 0 Å². The zero-order chi connectivity index (χ0) is 22.8. The lowest BCUT2D eigenvalue weighted by atomic mass is 9.85. The highest BCUT2D eigenvalue weighted by Crippen LogP contribution is 2.50. The van der Waals surface area contributed by atoms with Crippen LogP contribution in [0, 0.1) is 27.7 Å². The average molecular weight is 425 g/mol. The summed E-state index contributed by atoms with van der Waals surface area (Å²) in [5.74, 6) is 1.68. The number of nitrogens with zero attached hydrogens (tertiary/aromatic N) is 2. The van der Waals surface area contributed by atoms with Gasteiger partial charge in [-0.3, -0.25) is 9.97 Å². The van der Waals surface area contributed by atoms with Crippen molar-refractivity contribution < 1.29 is 9.47 Å². The van der Waals surface area contributed by atoms with E-state index in [0.717, 1.165) is 44.9 Å². The topological polar surface area (TPSA) is 44.2 Å². The molecule has 4 aromatic rings. The number of hydrogen-bond acceptors (Lipinski definition) is 4. The van der Waals surface area contributed by atoms with E-state index in [4.69, 9.17) is 9.47 Å². The van der Waals surface area contributed by atoms with Crippen LogP contribution in [0.4, 0.5) is 0 Å². The maximum absolute atomic E-state index is 6.08. The van der Waals surface area contributed by atoms with Gasteiger partial charge in [-0.1, -0.05) is 0 Å². The second-order valence-electron chi connectivity index (χ2n) is 8.02. The predicted molar refractivity (Wildman–Crippen MR) is 130 cm³/mol. The third kappa shape index (κ3) is 3.62. The van der Waals surface area contributed by atoms with Gasteiger partial charge in [-0.05, 0) is 97.5 Å². The SMILES string of the molecule is COc1c(-c2ccncc2)cc(C)c(C)c1-c1c(C)c(C)cc(-c2ccncc2)c1OC. The van der Waals surface area contributed by atoms with Crippen LogP contribution in [-0.2, 0) is 0 Å². The second-order valence-corrected chi connectivity index (χ2v) is 8.02. The zero-order valence-electron chi connectivity index (χ0n) is 19.5. The maximum atomic E-state index is 6.08. The average Bonchev–Trinajstić information content (AvgIpc) is 2.83. The molecular weight excluding hydrogens is 396 g/mol. The van der Waals surface area contributed by atoms with Crippen molar-refractivity contribution in [3.05, 3.63) is 83.4 Å². The summed E-state index contributed by atoms with van der Waals surface area (Å²) in [6.45, 7) is 8.59. The summed E-state index contributed by atoms with van der Waals surface area (Å²) in [4.78, 5) is 8.36. The molecule has 32 heavy (non-hydrogen) atoms. The van der Waals surface area contributed by atoms with Crippen molar-refractivity contribution in [1.29, 1.82) is 0 Å². The molecule has 0 aliphatic rings. The van der Waals surface area contributed by atoms with Gasteiger partial charge in [0.15, 0.2) is 0 Å². The Morgan fingerprint density at radius 2 is 0.906 bits per heavy atom. The summed E-state index contributed by atoms with van der Waals surface area (Å²) in [5.41, 5.74) is 11.1. The smallest absolute Gasteiger partial charge is 0.134 e. The van der Waals surface area contributed by atoms with Crippen molar-refractivity contribution >= 4 is 0 Å². The quantitative estimate of drug-likeness (QED) is 0.356. The van der Waals surface area contributed by atoms with Crippen LogP contribution in [0.3, 0.4) is 0 Å². The third-order valence-corrected chi connectivity index (χ3v) is 6.24. The Hall–Kier alpha value is -3.66. The Bertz CT molecular complexity index is 1170. The molecule has 0 unspecified atom stereocenters. The molecule has 0 aliphatic heterocycles. The van der Waals surface area contributed by atoms with Gasteiger partial charge in [0, 0.05) is 47.0 Å². The Morgan fingerprint density at radius 1 is 0.562 bits per heavy atom. The molecule has 0 radical (unpaired) electrons. The van der Waals surface area contributed by atoms with E-state index in [2.05, 4.69) is 49.8 Å². The van der Waals surface area contributed by atoms with Gasteiger partial charge in [-0.15, -0.1) is 0 Å². The maximum Gasteiger partial charge on any atom is 0.134 e. The zero-order valence-corrected chi connectivity index (χ0v) is 19.5. The number of benzene rings is 2. The molecule has 0 bridgehead atoms. The standard InChI is InChI=1S/C28H28N2O2/c1-17-15-23(21-7-11-29-12-8-21)27(31-5)25(19(17)3)26-20(4)18(2)16-24(28(26)32-6)22-9-13-30-14-10-22/h7-16H,1-6H3. The first-order chi connectivity index (χ1) is 15.5. The first kappa shape index (κ1) is 21.6. The van der Waals surface area contributed by atoms with E-state index >= 15 is 0 Å². The van der Waals surface area contributed by atoms with E-state index < -0.39 is 0 Å². The lowest BCUT2D eigenvalue weighted by molar-refractivity contribution is 0.411. The van der Waals surface area contributed by atoms with Crippen LogP contribution in [0.1, 0.15) is 22.3 Å². The number of ether oxygens (including phenoxy) is 2. The fraction of sp³-hybridized carbons (Fsp3) is 0.214. The van der Waals surface area contributed by atoms with Crippen molar-refractivity contribution in [2.75, 3.05) is 14.2 Å². The van der Waals surface area contributed by atoms with Crippen LogP contribution in [0.2, 0.25) is 0 Å². The van der Waals surface area contributed by atoms with Gasteiger partial charge in [0.25, 0.3) is 0 Å². The molecule has 0 saturated carbocycles. The monoisotopic (exact) mass is 424 g/mol. The Kier molecular flexibility index (Phi) is 5.95. The van der Waals surface area contributed by atoms with Crippen LogP contribution >= 0.6 is 0 Å². The number of methoxy groups -OCH3 is 2. The number of aromatic nitrogens is 2. The third-order valence-electron chi connectivity index (χ3n) is 6.24. The largest absolute Gasteiger partial charge is 0.495 e. The van der Waals surface area contributed by atoms with E-state index in [1.165, 1.54) is 22.3 Å². The fourth-order valence-corrected chi connectivity index (χ4v) is 4.30. The van der Waals surface area contributed by atoms with Crippen LogP contribution in [0.15, 0.2) is 61.2 Å². The lowest BCUT2D eigenvalue weighted by Crippen LogP contribution is -2.03. The molecule has 0 spiro atoms. The Morgan fingerprint density at radius 3 is 1.22 bits per heavy atom. The first-order valence-electron chi connectivity index (χ1n) is 10.7. The lowest BCUT2D eigenvalue weighted by Gasteiger charge is -2.24.